The van der Waals surface area contributed by atoms with Gasteiger partial charge in [-0.2, -0.15) is 0 Å². The Morgan fingerprint density at radius 2 is 1.91 bits per heavy atom. The van der Waals surface area contributed by atoms with Crippen molar-refractivity contribution in [2.45, 2.75) is 58.7 Å². The molecule has 0 bridgehead atoms. The number of hydrogen-bond donors (Lipinski definition) is 0. The molecule has 1 aromatic carbocycles. The van der Waals surface area contributed by atoms with Crippen LogP contribution in [0.25, 0.3) is 0 Å². The van der Waals surface area contributed by atoms with E-state index in [1.807, 2.05) is 0 Å². The second-order valence-corrected chi connectivity index (χ2v) is 6.57. The zero-order chi connectivity index (χ0) is 15.9. The molecule has 3 nitrogen and oxygen atoms in total. The lowest BCUT2D eigenvalue weighted by Gasteiger charge is -2.35. The van der Waals surface area contributed by atoms with Gasteiger partial charge in [0, 0.05) is 19.6 Å². The number of para-hydroxylation sites is 1. The molecule has 2 rings (SSSR count). The summed E-state index contributed by atoms with van der Waals surface area (Å²) in [5.41, 5.74) is 1.33. The molecule has 22 heavy (non-hydrogen) atoms. The van der Waals surface area contributed by atoms with Gasteiger partial charge >= 0.3 is 0 Å². The largest absolute Gasteiger partial charge is 0.493 e. The van der Waals surface area contributed by atoms with E-state index in [2.05, 4.69) is 56.9 Å². The van der Waals surface area contributed by atoms with Gasteiger partial charge in [0.1, 0.15) is 5.75 Å². The van der Waals surface area contributed by atoms with Crippen LogP contribution in [0.15, 0.2) is 24.3 Å². The van der Waals surface area contributed by atoms with Gasteiger partial charge in [0.05, 0.1) is 18.8 Å². The van der Waals surface area contributed by atoms with Crippen LogP contribution in [0.4, 0.5) is 0 Å². The first kappa shape index (κ1) is 17.3. The molecule has 124 valence electrons. The summed E-state index contributed by atoms with van der Waals surface area (Å²) in [5.74, 6) is 1.61. The van der Waals surface area contributed by atoms with Crippen molar-refractivity contribution in [3.8, 4) is 5.75 Å². The van der Waals surface area contributed by atoms with Crippen LogP contribution in [0, 0.1) is 0 Å². The van der Waals surface area contributed by atoms with E-state index in [1.165, 1.54) is 5.56 Å². The van der Waals surface area contributed by atoms with E-state index >= 15 is 0 Å². The molecule has 1 heterocycles. The molecule has 0 aromatic heterocycles. The first-order chi connectivity index (χ1) is 10.6. The van der Waals surface area contributed by atoms with Gasteiger partial charge in [-0.05, 0) is 44.2 Å². The Hall–Kier alpha value is -1.06. The van der Waals surface area contributed by atoms with Gasteiger partial charge in [-0.3, -0.25) is 4.90 Å². The molecule has 1 aliphatic heterocycles. The topological polar surface area (TPSA) is 21.7 Å². The van der Waals surface area contributed by atoms with E-state index in [4.69, 9.17) is 9.47 Å². The number of benzene rings is 1. The number of morpholine rings is 1. The van der Waals surface area contributed by atoms with Crippen LogP contribution in [0.5, 0.6) is 5.75 Å². The normalized spacial score (nSPS) is 24.2. The van der Waals surface area contributed by atoms with E-state index in [-0.39, 0.29) is 0 Å². The summed E-state index contributed by atoms with van der Waals surface area (Å²) >= 11 is 0. The van der Waals surface area contributed by atoms with E-state index in [9.17, 15) is 0 Å². The second-order valence-electron chi connectivity index (χ2n) is 6.57. The Balaban J connectivity index is 1.77. The summed E-state index contributed by atoms with van der Waals surface area (Å²) in [6, 6.07) is 8.45. The average Bonchev–Trinajstić information content (AvgIpc) is 2.50. The van der Waals surface area contributed by atoms with Crippen molar-refractivity contribution in [3.05, 3.63) is 29.8 Å². The minimum Gasteiger partial charge on any atom is -0.493 e. The van der Waals surface area contributed by atoms with Gasteiger partial charge in [0.25, 0.3) is 0 Å². The summed E-state index contributed by atoms with van der Waals surface area (Å²) in [7, 11) is 0. The molecular weight excluding hydrogens is 274 g/mol. The van der Waals surface area contributed by atoms with Gasteiger partial charge < -0.3 is 9.47 Å². The lowest BCUT2D eigenvalue weighted by Crippen LogP contribution is -2.45. The fourth-order valence-corrected chi connectivity index (χ4v) is 3.18. The zero-order valence-electron chi connectivity index (χ0n) is 14.5. The summed E-state index contributed by atoms with van der Waals surface area (Å²) in [5, 5.41) is 0. The molecule has 0 spiro atoms. The standard InChI is InChI=1S/C19H31NO2/c1-5-15(2)18-9-6-7-10-19(18)21-12-8-11-20-13-16(3)22-17(4)14-20/h6-7,9-10,15-17H,5,8,11-14H2,1-4H3/t15-,16+,17+/m0/s1. The third kappa shape index (κ3) is 4.99. The van der Waals surface area contributed by atoms with E-state index < -0.39 is 0 Å². The van der Waals surface area contributed by atoms with E-state index in [0.29, 0.717) is 18.1 Å². The van der Waals surface area contributed by atoms with Gasteiger partial charge in [-0.1, -0.05) is 32.0 Å². The van der Waals surface area contributed by atoms with E-state index in [1.54, 1.807) is 0 Å². The highest BCUT2D eigenvalue weighted by Gasteiger charge is 2.21. The molecule has 0 aliphatic carbocycles. The number of ether oxygens (including phenoxy) is 2. The molecule has 1 aliphatic rings. The highest BCUT2D eigenvalue weighted by molar-refractivity contribution is 5.35. The third-order valence-electron chi connectivity index (χ3n) is 4.43. The maximum absolute atomic E-state index is 6.05. The van der Waals surface area contributed by atoms with Crippen molar-refractivity contribution in [1.82, 2.24) is 4.90 Å². The van der Waals surface area contributed by atoms with Crippen molar-refractivity contribution in [2.24, 2.45) is 0 Å². The summed E-state index contributed by atoms with van der Waals surface area (Å²) in [6.45, 7) is 12.7. The Kier molecular flexibility index (Phi) is 6.71. The molecule has 1 fully saturated rings. The van der Waals surface area contributed by atoms with Crippen molar-refractivity contribution < 1.29 is 9.47 Å². The molecule has 3 atom stereocenters. The highest BCUT2D eigenvalue weighted by Crippen LogP contribution is 2.28. The number of rotatable bonds is 7. The lowest BCUT2D eigenvalue weighted by molar-refractivity contribution is -0.0686. The predicted octanol–water partition coefficient (Wildman–Crippen LogP) is 4.08. The van der Waals surface area contributed by atoms with E-state index in [0.717, 1.165) is 44.8 Å². The van der Waals surface area contributed by atoms with Crippen LogP contribution in [0.2, 0.25) is 0 Å². The molecule has 0 radical (unpaired) electrons. The van der Waals surface area contributed by atoms with Crippen LogP contribution in [0.3, 0.4) is 0 Å². The maximum atomic E-state index is 6.05. The first-order valence-corrected chi connectivity index (χ1v) is 8.69. The molecule has 0 N–H and O–H groups in total. The lowest BCUT2D eigenvalue weighted by atomic mass is 9.98. The monoisotopic (exact) mass is 305 g/mol. The van der Waals surface area contributed by atoms with Crippen molar-refractivity contribution in [2.75, 3.05) is 26.2 Å². The predicted molar refractivity (Wildman–Crippen MR) is 91.7 cm³/mol. The minimum absolute atomic E-state index is 0.343. The summed E-state index contributed by atoms with van der Waals surface area (Å²) < 4.78 is 11.8. The van der Waals surface area contributed by atoms with Crippen molar-refractivity contribution in [3.63, 3.8) is 0 Å². The summed E-state index contributed by atoms with van der Waals surface area (Å²) in [6.07, 6.45) is 2.89. The SMILES string of the molecule is CC[C@H](C)c1ccccc1OCCCN1C[C@@H](C)O[C@H](C)C1. The average molecular weight is 305 g/mol. The molecular formula is C19H31NO2. The van der Waals surface area contributed by atoms with Gasteiger partial charge in [-0.15, -0.1) is 0 Å². The Bertz CT molecular complexity index is 439. The maximum Gasteiger partial charge on any atom is 0.122 e. The van der Waals surface area contributed by atoms with Crippen LogP contribution in [-0.2, 0) is 4.74 Å². The van der Waals surface area contributed by atoms with Crippen LogP contribution in [0.1, 0.15) is 52.0 Å². The first-order valence-electron chi connectivity index (χ1n) is 8.69. The van der Waals surface area contributed by atoms with Crippen LogP contribution >= 0.6 is 0 Å². The fraction of sp³-hybridized carbons (Fsp3) is 0.684. The molecule has 0 unspecified atom stereocenters. The summed E-state index contributed by atoms with van der Waals surface area (Å²) in [4.78, 5) is 2.49. The molecule has 0 amide bonds. The Morgan fingerprint density at radius 1 is 1.23 bits per heavy atom. The fourth-order valence-electron chi connectivity index (χ4n) is 3.18. The van der Waals surface area contributed by atoms with Crippen LogP contribution in [-0.4, -0.2) is 43.3 Å². The van der Waals surface area contributed by atoms with Crippen LogP contribution < -0.4 is 4.74 Å². The van der Waals surface area contributed by atoms with Gasteiger partial charge in [-0.25, -0.2) is 0 Å². The number of hydrogen-bond acceptors (Lipinski definition) is 3. The van der Waals surface area contributed by atoms with Gasteiger partial charge in [0.15, 0.2) is 0 Å². The second kappa shape index (κ2) is 8.54. The zero-order valence-corrected chi connectivity index (χ0v) is 14.5. The minimum atomic E-state index is 0.343. The number of nitrogens with zero attached hydrogens (tertiary/aromatic N) is 1. The van der Waals surface area contributed by atoms with Crippen molar-refractivity contribution in [1.29, 1.82) is 0 Å². The Labute approximate surface area is 135 Å². The molecule has 0 saturated carbocycles. The molecule has 1 aromatic rings. The Morgan fingerprint density at radius 3 is 2.59 bits per heavy atom. The quantitative estimate of drug-likeness (QED) is 0.709. The molecule has 3 heteroatoms. The molecule has 1 saturated heterocycles. The highest BCUT2D eigenvalue weighted by atomic mass is 16.5. The third-order valence-corrected chi connectivity index (χ3v) is 4.43. The smallest absolute Gasteiger partial charge is 0.122 e. The van der Waals surface area contributed by atoms with Gasteiger partial charge in [0.2, 0.25) is 0 Å². The van der Waals surface area contributed by atoms with Crippen molar-refractivity contribution >= 4 is 0 Å².